The highest BCUT2D eigenvalue weighted by Gasteiger charge is 2.15. The molecule has 15 heavy (non-hydrogen) atoms. The van der Waals surface area contributed by atoms with Crippen LogP contribution in [0.15, 0.2) is 18.2 Å². The Balaban J connectivity index is 2.99. The van der Waals surface area contributed by atoms with Crippen LogP contribution in [0.4, 0.5) is 0 Å². The van der Waals surface area contributed by atoms with Crippen molar-refractivity contribution in [2.75, 3.05) is 0 Å². The molecule has 1 rings (SSSR count). The quantitative estimate of drug-likeness (QED) is 0.655. The van der Waals surface area contributed by atoms with Crippen LogP contribution < -0.4 is 0 Å². The van der Waals surface area contributed by atoms with E-state index >= 15 is 0 Å². The first-order valence-electron chi connectivity index (χ1n) is 4.93. The molecule has 2 atom stereocenters. The van der Waals surface area contributed by atoms with Crippen molar-refractivity contribution in [2.45, 2.75) is 26.7 Å². The van der Waals surface area contributed by atoms with Gasteiger partial charge in [-0.15, -0.1) is 5.92 Å². The molecule has 0 N–H and O–H groups in total. The molecule has 0 aliphatic rings. The van der Waals surface area contributed by atoms with E-state index in [0.717, 1.165) is 10.6 Å². The maximum atomic E-state index is 6.14. The first kappa shape index (κ1) is 12.4. The Kier molecular flexibility index (Phi) is 4.51. The maximum absolute atomic E-state index is 6.14. The first-order chi connectivity index (χ1) is 7.06. The second-order valence-corrected chi connectivity index (χ2v) is 4.48. The number of hydrogen-bond acceptors (Lipinski definition) is 0. The SMILES string of the molecule is CC#CC(C)C(C)c1ccc(Cl)cc1Cl. The summed E-state index contributed by atoms with van der Waals surface area (Å²) in [5.74, 6) is 6.69. The number of halogens is 2. The van der Waals surface area contributed by atoms with Crippen molar-refractivity contribution in [1.29, 1.82) is 0 Å². The molecule has 0 spiro atoms. The lowest BCUT2D eigenvalue weighted by atomic mass is 9.89. The van der Waals surface area contributed by atoms with E-state index in [4.69, 9.17) is 23.2 Å². The Labute approximate surface area is 102 Å². The summed E-state index contributed by atoms with van der Waals surface area (Å²) in [6, 6.07) is 5.62. The predicted octanol–water partition coefficient (Wildman–Crippen LogP) is 4.76. The Morgan fingerprint density at radius 3 is 2.40 bits per heavy atom. The van der Waals surface area contributed by atoms with Crippen LogP contribution in [0.3, 0.4) is 0 Å². The van der Waals surface area contributed by atoms with Gasteiger partial charge in [-0.2, -0.15) is 0 Å². The molecule has 0 fully saturated rings. The van der Waals surface area contributed by atoms with Crippen LogP contribution in [-0.2, 0) is 0 Å². The highest BCUT2D eigenvalue weighted by molar-refractivity contribution is 6.35. The molecule has 0 bridgehead atoms. The van der Waals surface area contributed by atoms with Crippen LogP contribution in [0.5, 0.6) is 0 Å². The van der Waals surface area contributed by atoms with Crippen molar-refractivity contribution in [3.05, 3.63) is 33.8 Å². The summed E-state index contributed by atoms with van der Waals surface area (Å²) >= 11 is 12.0. The van der Waals surface area contributed by atoms with Gasteiger partial charge in [-0.3, -0.25) is 0 Å². The molecule has 0 aliphatic heterocycles. The smallest absolute Gasteiger partial charge is 0.0455 e. The van der Waals surface area contributed by atoms with Crippen molar-refractivity contribution in [2.24, 2.45) is 5.92 Å². The molecule has 0 saturated heterocycles. The molecule has 0 nitrogen and oxygen atoms in total. The molecular weight excluding hydrogens is 227 g/mol. The third-order valence-electron chi connectivity index (χ3n) is 2.58. The molecule has 1 aromatic carbocycles. The minimum Gasteiger partial charge on any atom is -0.106 e. The summed E-state index contributed by atoms with van der Waals surface area (Å²) in [6.45, 7) is 6.09. The lowest BCUT2D eigenvalue weighted by Crippen LogP contribution is -2.04. The third kappa shape index (κ3) is 3.16. The molecule has 0 amide bonds. The zero-order chi connectivity index (χ0) is 11.4. The fourth-order valence-electron chi connectivity index (χ4n) is 1.49. The number of rotatable bonds is 2. The van der Waals surface area contributed by atoms with E-state index in [-0.39, 0.29) is 0 Å². The molecule has 0 radical (unpaired) electrons. The van der Waals surface area contributed by atoms with Gasteiger partial charge < -0.3 is 0 Å². The van der Waals surface area contributed by atoms with E-state index in [0.29, 0.717) is 16.9 Å². The van der Waals surface area contributed by atoms with Gasteiger partial charge in [-0.25, -0.2) is 0 Å². The third-order valence-corrected chi connectivity index (χ3v) is 3.14. The molecule has 0 aliphatic carbocycles. The highest BCUT2D eigenvalue weighted by Crippen LogP contribution is 2.31. The van der Waals surface area contributed by atoms with Gasteiger partial charge in [0.15, 0.2) is 0 Å². The van der Waals surface area contributed by atoms with E-state index in [9.17, 15) is 0 Å². The highest BCUT2D eigenvalue weighted by atomic mass is 35.5. The zero-order valence-corrected chi connectivity index (χ0v) is 10.7. The van der Waals surface area contributed by atoms with Gasteiger partial charge in [0, 0.05) is 16.0 Å². The van der Waals surface area contributed by atoms with Gasteiger partial charge in [0.1, 0.15) is 0 Å². The average Bonchev–Trinajstić information content (AvgIpc) is 2.17. The van der Waals surface area contributed by atoms with E-state index in [1.54, 1.807) is 6.07 Å². The summed E-state index contributed by atoms with van der Waals surface area (Å²) < 4.78 is 0. The normalized spacial score (nSPS) is 13.9. The van der Waals surface area contributed by atoms with Gasteiger partial charge >= 0.3 is 0 Å². The summed E-state index contributed by atoms with van der Waals surface area (Å²) in [5, 5.41) is 1.39. The molecule has 0 heterocycles. The van der Waals surface area contributed by atoms with E-state index in [1.807, 2.05) is 19.1 Å². The standard InChI is InChI=1S/C13H14Cl2/c1-4-5-9(2)10(3)12-7-6-11(14)8-13(12)15/h6-10H,1-3H3. The average molecular weight is 241 g/mol. The van der Waals surface area contributed by atoms with Crippen LogP contribution >= 0.6 is 23.2 Å². The van der Waals surface area contributed by atoms with Crippen molar-refractivity contribution in [3.63, 3.8) is 0 Å². The van der Waals surface area contributed by atoms with E-state index in [1.165, 1.54) is 0 Å². The van der Waals surface area contributed by atoms with Gasteiger partial charge in [0.25, 0.3) is 0 Å². The molecule has 80 valence electrons. The predicted molar refractivity (Wildman–Crippen MR) is 67.5 cm³/mol. The van der Waals surface area contributed by atoms with Crippen LogP contribution in [-0.4, -0.2) is 0 Å². The summed E-state index contributed by atoms with van der Waals surface area (Å²) in [5.41, 5.74) is 1.11. The molecule has 1 aromatic rings. The number of benzene rings is 1. The molecule has 2 unspecified atom stereocenters. The molecule has 0 aromatic heterocycles. The fraction of sp³-hybridized carbons (Fsp3) is 0.385. The largest absolute Gasteiger partial charge is 0.106 e. The Hall–Kier alpha value is -0.640. The van der Waals surface area contributed by atoms with E-state index < -0.39 is 0 Å². The van der Waals surface area contributed by atoms with Crippen LogP contribution in [0, 0.1) is 17.8 Å². The lowest BCUT2D eigenvalue weighted by molar-refractivity contribution is 0.610. The summed E-state index contributed by atoms with van der Waals surface area (Å²) in [6.07, 6.45) is 0. The van der Waals surface area contributed by atoms with Gasteiger partial charge in [0.05, 0.1) is 0 Å². The topological polar surface area (TPSA) is 0 Å². The van der Waals surface area contributed by atoms with Crippen LogP contribution in [0.25, 0.3) is 0 Å². The van der Waals surface area contributed by atoms with Gasteiger partial charge in [0.2, 0.25) is 0 Å². The Bertz CT molecular complexity index is 399. The van der Waals surface area contributed by atoms with Crippen molar-refractivity contribution >= 4 is 23.2 Å². The summed E-state index contributed by atoms with van der Waals surface area (Å²) in [4.78, 5) is 0. The first-order valence-corrected chi connectivity index (χ1v) is 5.69. The minimum atomic E-state index is 0.300. The van der Waals surface area contributed by atoms with Crippen molar-refractivity contribution in [1.82, 2.24) is 0 Å². The Morgan fingerprint density at radius 2 is 1.87 bits per heavy atom. The van der Waals surface area contributed by atoms with E-state index in [2.05, 4.69) is 25.7 Å². The van der Waals surface area contributed by atoms with Crippen LogP contribution in [0.1, 0.15) is 32.3 Å². The monoisotopic (exact) mass is 240 g/mol. The second-order valence-electron chi connectivity index (χ2n) is 3.64. The lowest BCUT2D eigenvalue weighted by Gasteiger charge is -2.16. The van der Waals surface area contributed by atoms with Crippen molar-refractivity contribution < 1.29 is 0 Å². The van der Waals surface area contributed by atoms with Crippen LogP contribution in [0.2, 0.25) is 10.0 Å². The minimum absolute atomic E-state index is 0.300. The maximum Gasteiger partial charge on any atom is 0.0455 e. The van der Waals surface area contributed by atoms with Crippen molar-refractivity contribution in [3.8, 4) is 11.8 Å². The molecule has 2 heteroatoms. The van der Waals surface area contributed by atoms with Gasteiger partial charge in [-0.1, -0.05) is 49.0 Å². The number of hydrogen-bond donors (Lipinski definition) is 0. The zero-order valence-electron chi connectivity index (χ0n) is 9.14. The molecule has 0 saturated carbocycles. The second kappa shape index (κ2) is 5.45. The summed E-state index contributed by atoms with van der Waals surface area (Å²) in [7, 11) is 0. The fourth-order valence-corrected chi connectivity index (χ4v) is 2.07. The molecular formula is C13H14Cl2. The van der Waals surface area contributed by atoms with Gasteiger partial charge in [-0.05, 0) is 30.5 Å². The Morgan fingerprint density at radius 1 is 1.20 bits per heavy atom.